The smallest absolute Gasteiger partial charge is 0.223 e. The van der Waals surface area contributed by atoms with E-state index >= 15 is 0 Å². The van der Waals surface area contributed by atoms with Gasteiger partial charge < -0.3 is 10.1 Å². The Hall–Kier alpha value is -1.99. The zero-order valence-electron chi connectivity index (χ0n) is 14.0. The molecule has 0 bridgehead atoms. The average Bonchev–Trinajstić information content (AvgIpc) is 2.56. The summed E-state index contributed by atoms with van der Waals surface area (Å²) in [5.74, 6) is 3.75. The van der Waals surface area contributed by atoms with Crippen LogP contribution in [0.1, 0.15) is 25.3 Å². The third kappa shape index (κ3) is 5.30. The Morgan fingerprint density at radius 3 is 2.78 bits per heavy atom. The Balaban J connectivity index is 1.72. The van der Waals surface area contributed by atoms with Crippen LogP contribution in [0.15, 0.2) is 24.3 Å². The Kier molecular flexibility index (Phi) is 6.49. The van der Waals surface area contributed by atoms with E-state index in [9.17, 15) is 4.79 Å². The maximum absolute atomic E-state index is 12.3. The Morgan fingerprint density at radius 2 is 2.13 bits per heavy atom. The molecular weight excluding hydrogens is 288 g/mol. The molecule has 0 aliphatic carbocycles. The number of nitrogens with zero attached hydrogens (tertiary/aromatic N) is 1. The topological polar surface area (TPSA) is 41.6 Å². The van der Waals surface area contributed by atoms with Crippen molar-refractivity contribution in [1.82, 2.24) is 10.2 Å². The lowest BCUT2D eigenvalue weighted by Gasteiger charge is -2.30. The number of amides is 1. The molecular formula is C19H26N2O2. The molecule has 0 radical (unpaired) electrons. The summed E-state index contributed by atoms with van der Waals surface area (Å²) in [6.45, 7) is 7.00. The molecule has 124 valence electrons. The first kappa shape index (κ1) is 17.4. The van der Waals surface area contributed by atoms with Crippen LogP contribution in [0.3, 0.4) is 0 Å². The summed E-state index contributed by atoms with van der Waals surface area (Å²) in [4.78, 5) is 14.5. The van der Waals surface area contributed by atoms with Gasteiger partial charge in [0.15, 0.2) is 0 Å². The number of para-hydroxylation sites is 1. The van der Waals surface area contributed by atoms with Crippen LogP contribution >= 0.6 is 0 Å². The van der Waals surface area contributed by atoms with E-state index in [0.29, 0.717) is 13.1 Å². The van der Waals surface area contributed by atoms with Crippen LogP contribution in [0.2, 0.25) is 0 Å². The minimum atomic E-state index is -0.0541. The number of aryl methyl sites for hydroxylation is 1. The fourth-order valence-corrected chi connectivity index (χ4v) is 2.82. The molecule has 0 aromatic heterocycles. The van der Waals surface area contributed by atoms with Crippen molar-refractivity contribution in [3.05, 3.63) is 29.8 Å². The molecule has 1 fully saturated rings. The van der Waals surface area contributed by atoms with Gasteiger partial charge in [0, 0.05) is 5.92 Å². The van der Waals surface area contributed by atoms with E-state index < -0.39 is 0 Å². The predicted molar refractivity (Wildman–Crippen MR) is 92.3 cm³/mol. The van der Waals surface area contributed by atoms with Gasteiger partial charge in [0.05, 0.1) is 13.1 Å². The largest absolute Gasteiger partial charge is 0.489 e. The number of ether oxygens (including phenoxy) is 1. The Morgan fingerprint density at radius 1 is 1.43 bits per heavy atom. The fourth-order valence-electron chi connectivity index (χ4n) is 2.82. The van der Waals surface area contributed by atoms with Gasteiger partial charge in [-0.2, -0.15) is 0 Å². The Bertz CT molecular complexity index is 557. The summed E-state index contributed by atoms with van der Waals surface area (Å²) in [6.07, 6.45) is 7.02. The molecule has 1 aromatic carbocycles. The quantitative estimate of drug-likeness (QED) is 0.819. The normalized spacial score (nSPS) is 17.3. The number of terminal acetylenes is 1. The first-order chi connectivity index (χ1) is 11.1. The minimum absolute atomic E-state index is 0.0541. The van der Waals surface area contributed by atoms with Crippen molar-refractivity contribution in [2.75, 3.05) is 26.2 Å². The molecule has 1 N–H and O–H groups in total. The predicted octanol–water partition coefficient (Wildman–Crippen LogP) is 2.22. The summed E-state index contributed by atoms with van der Waals surface area (Å²) in [6, 6.07) is 7.91. The van der Waals surface area contributed by atoms with Crippen LogP contribution in [0.4, 0.5) is 0 Å². The van der Waals surface area contributed by atoms with Gasteiger partial charge in [-0.15, -0.1) is 6.42 Å². The van der Waals surface area contributed by atoms with Crippen molar-refractivity contribution in [3.63, 3.8) is 0 Å². The number of carbonyl (C=O) groups excluding carboxylic acids is 1. The molecule has 1 atom stereocenters. The third-order valence-corrected chi connectivity index (χ3v) is 4.26. The molecule has 23 heavy (non-hydrogen) atoms. The highest BCUT2D eigenvalue weighted by Gasteiger charge is 2.24. The molecule has 0 spiro atoms. The minimum Gasteiger partial charge on any atom is -0.489 e. The zero-order chi connectivity index (χ0) is 16.7. The van der Waals surface area contributed by atoms with E-state index in [-0.39, 0.29) is 17.9 Å². The number of piperidine rings is 1. The van der Waals surface area contributed by atoms with Crippen LogP contribution in [0.25, 0.3) is 0 Å². The maximum atomic E-state index is 12.3. The highest BCUT2D eigenvalue weighted by atomic mass is 16.5. The van der Waals surface area contributed by atoms with Crippen molar-refractivity contribution < 1.29 is 9.53 Å². The van der Waals surface area contributed by atoms with E-state index in [2.05, 4.69) is 16.1 Å². The second-order valence-corrected chi connectivity index (χ2v) is 6.19. The van der Waals surface area contributed by atoms with E-state index in [1.54, 1.807) is 0 Å². The summed E-state index contributed by atoms with van der Waals surface area (Å²) in [5.41, 5.74) is 1.10. The molecule has 1 aromatic rings. The van der Waals surface area contributed by atoms with E-state index in [1.807, 2.05) is 38.1 Å². The fraction of sp³-hybridized carbons (Fsp3) is 0.526. The SMILES string of the molecule is C#CCN1CCC(C(=O)NCC(C)Oc2ccccc2C)CC1. The maximum Gasteiger partial charge on any atom is 0.223 e. The summed E-state index contributed by atoms with van der Waals surface area (Å²) < 4.78 is 5.89. The number of hydrogen-bond donors (Lipinski definition) is 1. The van der Waals surface area contributed by atoms with Gasteiger partial charge >= 0.3 is 0 Å². The molecule has 4 nitrogen and oxygen atoms in total. The molecule has 0 saturated carbocycles. The van der Waals surface area contributed by atoms with Crippen molar-refractivity contribution >= 4 is 5.91 Å². The van der Waals surface area contributed by atoms with Gasteiger partial charge in [-0.25, -0.2) is 0 Å². The molecule has 1 heterocycles. The van der Waals surface area contributed by atoms with Gasteiger partial charge in [-0.05, 0) is 51.4 Å². The van der Waals surface area contributed by atoms with Crippen molar-refractivity contribution in [1.29, 1.82) is 0 Å². The number of benzene rings is 1. The van der Waals surface area contributed by atoms with Gasteiger partial charge in [-0.1, -0.05) is 24.1 Å². The lowest BCUT2D eigenvalue weighted by atomic mass is 9.96. The standard InChI is InChI=1S/C19H26N2O2/c1-4-11-21-12-9-17(10-13-21)19(22)20-14-16(3)23-18-8-6-5-7-15(18)2/h1,5-8,16-17H,9-14H2,2-3H3,(H,20,22). The van der Waals surface area contributed by atoms with E-state index in [1.165, 1.54) is 0 Å². The zero-order valence-corrected chi connectivity index (χ0v) is 14.0. The molecule has 1 unspecified atom stereocenters. The first-order valence-corrected chi connectivity index (χ1v) is 8.26. The molecule has 1 saturated heterocycles. The van der Waals surface area contributed by atoms with Gasteiger partial charge in [0.25, 0.3) is 0 Å². The second kappa shape index (κ2) is 8.59. The van der Waals surface area contributed by atoms with Crippen LogP contribution in [-0.2, 0) is 4.79 Å². The van der Waals surface area contributed by atoms with Crippen molar-refractivity contribution in [2.45, 2.75) is 32.8 Å². The monoisotopic (exact) mass is 314 g/mol. The molecule has 2 rings (SSSR count). The van der Waals surface area contributed by atoms with Crippen LogP contribution in [-0.4, -0.2) is 43.1 Å². The van der Waals surface area contributed by atoms with Crippen LogP contribution in [0, 0.1) is 25.2 Å². The van der Waals surface area contributed by atoms with Crippen molar-refractivity contribution in [3.8, 4) is 18.1 Å². The van der Waals surface area contributed by atoms with Gasteiger partial charge in [0.1, 0.15) is 11.9 Å². The summed E-state index contributed by atoms with van der Waals surface area (Å²) in [7, 11) is 0. The number of hydrogen-bond acceptors (Lipinski definition) is 3. The van der Waals surface area contributed by atoms with Crippen LogP contribution < -0.4 is 10.1 Å². The van der Waals surface area contributed by atoms with E-state index in [0.717, 1.165) is 37.2 Å². The Labute approximate surface area is 139 Å². The third-order valence-electron chi connectivity index (χ3n) is 4.26. The highest BCUT2D eigenvalue weighted by molar-refractivity contribution is 5.78. The number of likely N-dealkylation sites (tertiary alicyclic amines) is 1. The molecule has 1 amide bonds. The van der Waals surface area contributed by atoms with Crippen molar-refractivity contribution in [2.24, 2.45) is 5.92 Å². The van der Waals surface area contributed by atoms with Gasteiger partial charge in [0.2, 0.25) is 5.91 Å². The van der Waals surface area contributed by atoms with Crippen LogP contribution in [0.5, 0.6) is 5.75 Å². The summed E-state index contributed by atoms with van der Waals surface area (Å²) in [5, 5.41) is 3.02. The summed E-state index contributed by atoms with van der Waals surface area (Å²) >= 11 is 0. The number of carbonyl (C=O) groups is 1. The molecule has 1 aliphatic rings. The highest BCUT2D eigenvalue weighted by Crippen LogP contribution is 2.18. The molecule has 4 heteroatoms. The lowest BCUT2D eigenvalue weighted by molar-refractivity contribution is -0.126. The number of nitrogens with one attached hydrogen (secondary N) is 1. The van der Waals surface area contributed by atoms with E-state index in [4.69, 9.17) is 11.2 Å². The second-order valence-electron chi connectivity index (χ2n) is 6.19. The number of rotatable bonds is 6. The van der Waals surface area contributed by atoms with Gasteiger partial charge in [-0.3, -0.25) is 9.69 Å². The average molecular weight is 314 g/mol. The molecule has 1 aliphatic heterocycles. The first-order valence-electron chi connectivity index (χ1n) is 8.26. The lowest BCUT2D eigenvalue weighted by Crippen LogP contribution is -2.42.